The van der Waals surface area contributed by atoms with Crippen LogP contribution in [0.3, 0.4) is 0 Å². The molecule has 0 heterocycles. The van der Waals surface area contributed by atoms with Crippen molar-refractivity contribution < 1.29 is 0 Å². The Morgan fingerprint density at radius 1 is 0.867 bits per heavy atom. The summed E-state index contributed by atoms with van der Waals surface area (Å²) in [5, 5.41) is 0. The van der Waals surface area contributed by atoms with E-state index in [1.54, 1.807) is 23.9 Å². The van der Waals surface area contributed by atoms with E-state index in [4.69, 9.17) is 0 Å². The summed E-state index contributed by atoms with van der Waals surface area (Å²) in [6.07, 6.45) is 15.7. The molecule has 0 N–H and O–H groups in total. The number of thioether (sulfide) groups is 1. The molecule has 0 aromatic carbocycles. The Bertz CT molecular complexity index is 282. The molecule has 0 spiro atoms. The van der Waals surface area contributed by atoms with Crippen molar-refractivity contribution >= 4 is 11.8 Å². The molecule has 0 aromatic heterocycles. The first-order valence-electron chi connectivity index (χ1n) is 4.87. The molecule has 1 heteroatoms. The molecule has 0 nitrogen and oxygen atoms in total. The van der Waals surface area contributed by atoms with E-state index in [9.17, 15) is 0 Å². The van der Waals surface area contributed by atoms with Crippen LogP contribution in [0.2, 0.25) is 0 Å². The van der Waals surface area contributed by atoms with Gasteiger partial charge in [-0.1, -0.05) is 61.4 Å². The normalized spacial score (nSPS) is 13.7. The molecule has 0 aliphatic carbocycles. The molecule has 0 fully saturated rings. The molecule has 0 unspecified atom stereocenters. The maximum Gasteiger partial charge on any atom is 0.00790 e. The van der Waals surface area contributed by atoms with Crippen LogP contribution in [0.15, 0.2) is 71.6 Å². The smallest absolute Gasteiger partial charge is 0.00790 e. The van der Waals surface area contributed by atoms with Gasteiger partial charge in [-0.2, -0.15) is 0 Å². The van der Waals surface area contributed by atoms with E-state index < -0.39 is 0 Å². The van der Waals surface area contributed by atoms with Crippen molar-refractivity contribution in [3.8, 4) is 0 Å². The SMILES string of the molecule is C=C/C=C\C(=C/C)SC(/C=C\C=C)=C/C. The zero-order valence-corrected chi connectivity index (χ0v) is 10.3. The molecule has 0 rings (SSSR count). The first-order valence-corrected chi connectivity index (χ1v) is 5.68. The van der Waals surface area contributed by atoms with Gasteiger partial charge >= 0.3 is 0 Å². The molecule has 0 atom stereocenters. The Morgan fingerprint density at radius 3 is 1.53 bits per heavy atom. The topological polar surface area (TPSA) is 0 Å². The van der Waals surface area contributed by atoms with Crippen molar-refractivity contribution in [2.75, 3.05) is 0 Å². The summed E-state index contributed by atoms with van der Waals surface area (Å²) in [7, 11) is 0. The molecular formula is C14H18S. The molecule has 0 amide bonds. The van der Waals surface area contributed by atoms with Crippen LogP contribution in [0.25, 0.3) is 0 Å². The Kier molecular flexibility index (Phi) is 8.59. The zero-order valence-electron chi connectivity index (χ0n) is 9.44. The van der Waals surface area contributed by atoms with E-state index >= 15 is 0 Å². The van der Waals surface area contributed by atoms with Gasteiger partial charge in [0.1, 0.15) is 0 Å². The summed E-state index contributed by atoms with van der Waals surface area (Å²) in [5.41, 5.74) is 0. The second kappa shape index (κ2) is 9.35. The van der Waals surface area contributed by atoms with Gasteiger partial charge in [0.2, 0.25) is 0 Å². The van der Waals surface area contributed by atoms with Crippen molar-refractivity contribution in [3.05, 3.63) is 71.6 Å². The highest BCUT2D eigenvalue weighted by Crippen LogP contribution is 2.27. The number of hydrogen-bond donors (Lipinski definition) is 0. The highest BCUT2D eigenvalue weighted by Gasteiger charge is 1.94. The van der Waals surface area contributed by atoms with Crippen LogP contribution in [0.5, 0.6) is 0 Å². The molecule has 0 aliphatic heterocycles. The summed E-state index contributed by atoms with van der Waals surface area (Å²) < 4.78 is 0. The summed E-state index contributed by atoms with van der Waals surface area (Å²) >= 11 is 1.72. The zero-order chi connectivity index (χ0) is 11.5. The Labute approximate surface area is 97.5 Å². The van der Waals surface area contributed by atoms with Crippen molar-refractivity contribution in [2.45, 2.75) is 13.8 Å². The van der Waals surface area contributed by atoms with Crippen molar-refractivity contribution in [2.24, 2.45) is 0 Å². The second-order valence-corrected chi connectivity index (χ2v) is 3.82. The quantitative estimate of drug-likeness (QED) is 0.565. The third-order valence-corrected chi connectivity index (χ3v) is 2.81. The van der Waals surface area contributed by atoms with Gasteiger partial charge < -0.3 is 0 Å². The van der Waals surface area contributed by atoms with Crippen molar-refractivity contribution in [1.82, 2.24) is 0 Å². The van der Waals surface area contributed by atoms with Crippen LogP contribution in [-0.2, 0) is 0 Å². The summed E-state index contributed by atoms with van der Waals surface area (Å²) in [6, 6.07) is 0. The van der Waals surface area contributed by atoms with E-state index in [1.807, 2.05) is 38.2 Å². The van der Waals surface area contributed by atoms with Crippen LogP contribution in [0, 0.1) is 0 Å². The summed E-state index contributed by atoms with van der Waals surface area (Å²) in [5.74, 6) is 0. The fourth-order valence-electron chi connectivity index (χ4n) is 0.840. The molecule has 0 radical (unpaired) electrons. The largest absolute Gasteiger partial charge is 0.0991 e. The van der Waals surface area contributed by atoms with Crippen LogP contribution in [0.4, 0.5) is 0 Å². The standard InChI is InChI=1S/C14H18S/c1-5-9-11-13(7-3)15-14(8-4)12-10-6-2/h5-12H,1-2H2,3-4H3/b11-9-,12-10-,13-7+,14-8+. The van der Waals surface area contributed by atoms with Gasteiger partial charge in [0.15, 0.2) is 0 Å². The van der Waals surface area contributed by atoms with Crippen LogP contribution < -0.4 is 0 Å². The number of hydrogen-bond acceptors (Lipinski definition) is 1. The van der Waals surface area contributed by atoms with E-state index in [0.717, 1.165) is 0 Å². The second-order valence-electron chi connectivity index (χ2n) is 2.67. The van der Waals surface area contributed by atoms with E-state index in [1.165, 1.54) is 9.81 Å². The number of allylic oxidation sites excluding steroid dienone is 8. The molecule has 0 aromatic rings. The molecular weight excluding hydrogens is 200 g/mol. The lowest BCUT2D eigenvalue weighted by Gasteiger charge is -2.01. The Morgan fingerprint density at radius 2 is 1.27 bits per heavy atom. The fourth-order valence-corrected chi connectivity index (χ4v) is 1.64. The van der Waals surface area contributed by atoms with Crippen LogP contribution >= 0.6 is 11.8 Å². The van der Waals surface area contributed by atoms with E-state index in [2.05, 4.69) is 25.3 Å². The highest BCUT2D eigenvalue weighted by atomic mass is 32.2. The van der Waals surface area contributed by atoms with Gasteiger partial charge in [-0.05, 0) is 26.0 Å². The molecule has 0 bridgehead atoms. The van der Waals surface area contributed by atoms with Crippen LogP contribution in [0.1, 0.15) is 13.8 Å². The first-order chi connectivity index (χ1) is 7.28. The van der Waals surface area contributed by atoms with E-state index in [-0.39, 0.29) is 0 Å². The van der Waals surface area contributed by atoms with Crippen molar-refractivity contribution in [1.29, 1.82) is 0 Å². The lowest BCUT2D eigenvalue weighted by molar-refractivity contribution is 1.68. The lowest BCUT2D eigenvalue weighted by Crippen LogP contribution is -1.73. The lowest BCUT2D eigenvalue weighted by atomic mass is 10.4. The van der Waals surface area contributed by atoms with Gasteiger partial charge in [0.05, 0.1) is 0 Å². The Balaban J connectivity index is 4.52. The molecule has 80 valence electrons. The first kappa shape index (κ1) is 13.8. The minimum atomic E-state index is 1.21. The third-order valence-electron chi connectivity index (χ3n) is 1.60. The van der Waals surface area contributed by atoms with Gasteiger partial charge in [-0.15, -0.1) is 0 Å². The van der Waals surface area contributed by atoms with Gasteiger partial charge in [-0.3, -0.25) is 0 Å². The predicted molar refractivity (Wildman–Crippen MR) is 73.8 cm³/mol. The van der Waals surface area contributed by atoms with Crippen molar-refractivity contribution in [3.63, 3.8) is 0 Å². The fraction of sp³-hybridized carbons (Fsp3) is 0.143. The highest BCUT2D eigenvalue weighted by molar-refractivity contribution is 8.07. The molecule has 0 saturated carbocycles. The monoisotopic (exact) mass is 218 g/mol. The maximum atomic E-state index is 3.65. The minimum absolute atomic E-state index is 1.21. The third kappa shape index (κ3) is 6.81. The average Bonchev–Trinajstić information content (AvgIpc) is 2.28. The summed E-state index contributed by atoms with van der Waals surface area (Å²) in [4.78, 5) is 2.41. The minimum Gasteiger partial charge on any atom is -0.0991 e. The van der Waals surface area contributed by atoms with Gasteiger partial charge in [-0.25, -0.2) is 0 Å². The van der Waals surface area contributed by atoms with Gasteiger partial charge in [0, 0.05) is 9.81 Å². The predicted octanol–water partition coefficient (Wildman–Crippen LogP) is 5.01. The van der Waals surface area contributed by atoms with Gasteiger partial charge in [0.25, 0.3) is 0 Å². The molecule has 15 heavy (non-hydrogen) atoms. The maximum absolute atomic E-state index is 3.65. The van der Waals surface area contributed by atoms with E-state index in [0.29, 0.717) is 0 Å². The van der Waals surface area contributed by atoms with Crippen LogP contribution in [-0.4, -0.2) is 0 Å². The number of rotatable bonds is 6. The summed E-state index contributed by atoms with van der Waals surface area (Å²) in [6.45, 7) is 11.4. The Hall–Kier alpha value is -1.21. The average molecular weight is 218 g/mol. The molecule has 0 aliphatic rings. The molecule has 0 saturated heterocycles.